The number of nitrogens with zero attached hydrogens (tertiary/aromatic N) is 3. The van der Waals surface area contributed by atoms with Gasteiger partial charge in [-0.25, -0.2) is 9.97 Å². The van der Waals surface area contributed by atoms with Gasteiger partial charge in [0.15, 0.2) is 15.6 Å². The van der Waals surface area contributed by atoms with E-state index < -0.39 is 0 Å². The van der Waals surface area contributed by atoms with Gasteiger partial charge in [-0.3, -0.25) is 0 Å². The minimum atomic E-state index is 0.499. The highest BCUT2D eigenvalue weighted by Crippen LogP contribution is 2.24. The molecule has 6 heteroatoms. The van der Waals surface area contributed by atoms with Gasteiger partial charge in [-0.15, -0.1) is 0 Å². The molecule has 0 atom stereocenters. The first kappa shape index (κ1) is 8.99. The summed E-state index contributed by atoms with van der Waals surface area (Å²) in [6.07, 6.45) is 0. The quantitative estimate of drug-likeness (QED) is 0.687. The molecule has 3 rings (SSSR count). The summed E-state index contributed by atoms with van der Waals surface area (Å²) in [6.45, 7) is 0. The molecular formula is C9H5BrN4S. The van der Waals surface area contributed by atoms with E-state index in [-0.39, 0.29) is 0 Å². The minimum absolute atomic E-state index is 0.499. The van der Waals surface area contributed by atoms with Crippen LogP contribution in [-0.4, -0.2) is 15.0 Å². The van der Waals surface area contributed by atoms with Crippen LogP contribution in [0.1, 0.15) is 0 Å². The highest BCUT2D eigenvalue weighted by atomic mass is 79.9. The molecule has 0 aliphatic carbocycles. The van der Waals surface area contributed by atoms with Gasteiger partial charge in [0.05, 0.1) is 11.0 Å². The molecule has 2 N–H and O–H groups in total. The first-order valence-electron chi connectivity index (χ1n) is 4.22. The molecule has 1 aromatic carbocycles. The number of nitrogens with two attached hydrogens (primary N) is 1. The van der Waals surface area contributed by atoms with E-state index >= 15 is 0 Å². The fraction of sp³-hybridized carbons (Fsp3) is 0. The van der Waals surface area contributed by atoms with Crippen LogP contribution in [0.5, 0.6) is 0 Å². The van der Waals surface area contributed by atoms with Crippen LogP contribution in [-0.2, 0) is 0 Å². The Morgan fingerprint density at radius 2 is 2.00 bits per heavy atom. The summed E-state index contributed by atoms with van der Waals surface area (Å²) in [6, 6.07) is 5.76. The molecule has 4 nitrogen and oxygen atoms in total. The maximum Gasteiger partial charge on any atom is 0.192 e. The van der Waals surface area contributed by atoms with Gasteiger partial charge in [-0.05, 0) is 18.2 Å². The number of rotatable bonds is 0. The number of anilines is 1. The number of halogens is 1. The Balaban J connectivity index is 2.46. The molecule has 0 saturated heterocycles. The Kier molecular flexibility index (Phi) is 1.86. The van der Waals surface area contributed by atoms with Crippen molar-refractivity contribution in [3.8, 4) is 0 Å². The van der Waals surface area contributed by atoms with Crippen LogP contribution in [0.25, 0.3) is 21.5 Å². The predicted octanol–water partition coefficient (Wildman–Crippen LogP) is 2.58. The molecule has 2 aromatic heterocycles. The van der Waals surface area contributed by atoms with Crippen molar-refractivity contribution in [2.75, 3.05) is 5.73 Å². The number of hydrogen-bond acceptors (Lipinski definition) is 5. The van der Waals surface area contributed by atoms with E-state index in [0.717, 1.165) is 20.3 Å². The van der Waals surface area contributed by atoms with Crippen molar-refractivity contribution in [2.45, 2.75) is 0 Å². The highest BCUT2D eigenvalue weighted by molar-refractivity contribution is 9.10. The van der Waals surface area contributed by atoms with E-state index in [0.29, 0.717) is 10.8 Å². The molecule has 2 heterocycles. The summed E-state index contributed by atoms with van der Waals surface area (Å²) in [5.74, 6) is 0. The lowest BCUT2D eigenvalue weighted by molar-refractivity contribution is 1.34. The van der Waals surface area contributed by atoms with Crippen molar-refractivity contribution in [1.29, 1.82) is 0 Å². The Hall–Kier alpha value is -1.27. The third kappa shape index (κ3) is 1.46. The van der Waals surface area contributed by atoms with Crippen molar-refractivity contribution in [1.82, 2.24) is 15.0 Å². The van der Waals surface area contributed by atoms with Crippen LogP contribution < -0.4 is 5.73 Å². The Morgan fingerprint density at radius 1 is 1.13 bits per heavy atom. The van der Waals surface area contributed by atoms with Crippen LogP contribution in [0.2, 0.25) is 0 Å². The average molecular weight is 281 g/mol. The molecule has 0 radical (unpaired) electrons. The Bertz CT molecular complexity index is 664. The van der Waals surface area contributed by atoms with Crippen molar-refractivity contribution in [3.63, 3.8) is 0 Å². The summed E-state index contributed by atoms with van der Waals surface area (Å²) >= 11 is 4.75. The SMILES string of the molecule is Nc1nc2nc3ccc(Br)cc3nc2s1. The molecule has 0 aliphatic rings. The molecule has 15 heavy (non-hydrogen) atoms. The maximum absolute atomic E-state index is 5.60. The lowest BCUT2D eigenvalue weighted by Gasteiger charge is -1.96. The largest absolute Gasteiger partial charge is 0.375 e. The van der Waals surface area contributed by atoms with Crippen molar-refractivity contribution in [2.24, 2.45) is 0 Å². The van der Waals surface area contributed by atoms with E-state index in [9.17, 15) is 0 Å². The number of nitrogen functional groups attached to an aromatic ring is 1. The summed E-state index contributed by atoms with van der Waals surface area (Å²) < 4.78 is 0.987. The van der Waals surface area contributed by atoms with E-state index in [1.54, 1.807) is 0 Å². The normalized spacial score (nSPS) is 11.3. The van der Waals surface area contributed by atoms with E-state index in [2.05, 4.69) is 30.9 Å². The summed E-state index contributed by atoms with van der Waals surface area (Å²) in [7, 11) is 0. The van der Waals surface area contributed by atoms with Crippen LogP contribution in [0, 0.1) is 0 Å². The van der Waals surface area contributed by atoms with Gasteiger partial charge in [0.25, 0.3) is 0 Å². The van der Waals surface area contributed by atoms with Gasteiger partial charge in [-0.1, -0.05) is 27.3 Å². The zero-order valence-electron chi connectivity index (χ0n) is 7.44. The van der Waals surface area contributed by atoms with Gasteiger partial charge in [0.2, 0.25) is 0 Å². The fourth-order valence-electron chi connectivity index (χ4n) is 1.37. The third-order valence-corrected chi connectivity index (χ3v) is 3.26. The zero-order valence-corrected chi connectivity index (χ0v) is 9.84. The maximum atomic E-state index is 5.60. The predicted molar refractivity (Wildman–Crippen MR) is 64.8 cm³/mol. The lowest BCUT2D eigenvalue weighted by Crippen LogP contribution is -1.85. The molecule has 0 bridgehead atoms. The van der Waals surface area contributed by atoms with Crippen LogP contribution in [0.15, 0.2) is 22.7 Å². The second-order valence-electron chi connectivity index (χ2n) is 3.04. The number of hydrogen-bond donors (Lipinski definition) is 1. The fourth-order valence-corrected chi connectivity index (χ4v) is 2.38. The molecule has 0 aliphatic heterocycles. The van der Waals surface area contributed by atoms with Crippen molar-refractivity contribution < 1.29 is 0 Å². The summed E-state index contributed by atoms with van der Waals surface area (Å²) in [4.78, 5) is 13.7. The van der Waals surface area contributed by atoms with E-state index in [4.69, 9.17) is 5.73 Å². The number of aromatic nitrogens is 3. The number of fused-ring (bicyclic) bond motifs is 2. The van der Waals surface area contributed by atoms with Gasteiger partial charge in [0.1, 0.15) is 0 Å². The summed E-state index contributed by atoms with van der Waals surface area (Å²) in [5, 5.41) is 0.499. The van der Waals surface area contributed by atoms with Crippen LogP contribution in [0.3, 0.4) is 0 Å². The van der Waals surface area contributed by atoms with E-state index in [1.165, 1.54) is 11.3 Å². The van der Waals surface area contributed by atoms with Crippen molar-refractivity contribution in [3.05, 3.63) is 22.7 Å². The van der Waals surface area contributed by atoms with Gasteiger partial charge < -0.3 is 5.73 Å². The molecule has 0 fully saturated rings. The van der Waals surface area contributed by atoms with Gasteiger partial charge >= 0.3 is 0 Å². The molecule has 0 unspecified atom stereocenters. The summed E-state index contributed by atoms with van der Waals surface area (Å²) in [5.41, 5.74) is 7.90. The topological polar surface area (TPSA) is 64.7 Å². The second kappa shape index (κ2) is 3.11. The zero-order chi connectivity index (χ0) is 10.4. The highest BCUT2D eigenvalue weighted by Gasteiger charge is 2.06. The molecule has 0 amide bonds. The van der Waals surface area contributed by atoms with Gasteiger partial charge in [0, 0.05) is 4.47 Å². The average Bonchev–Trinajstić information content (AvgIpc) is 2.53. The molecular weight excluding hydrogens is 276 g/mol. The smallest absolute Gasteiger partial charge is 0.192 e. The Morgan fingerprint density at radius 3 is 2.87 bits per heavy atom. The van der Waals surface area contributed by atoms with Crippen molar-refractivity contribution >= 4 is 53.9 Å². The first-order chi connectivity index (χ1) is 7.22. The number of thiazole rings is 1. The molecule has 3 aromatic rings. The molecule has 0 spiro atoms. The molecule has 74 valence electrons. The minimum Gasteiger partial charge on any atom is -0.375 e. The third-order valence-electron chi connectivity index (χ3n) is 1.99. The van der Waals surface area contributed by atoms with Gasteiger partial charge in [-0.2, -0.15) is 4.98 Å². The van der Waals surface area contributed by atoms with E-state index in [1.807, 2.05) is 18.2 Å². The molecule has 0 saturated carbocycles. The standard InChI is InChI=1S/C9H5BrN4S/c10-4-1-2-5-6(3-4)13-8-7(12-5)14-9(11)15-8/h1-3H,(H2,11,12,14). The lowest BCUT2D eigenvalue weighted by atomic mass is 10.3. The van der Waals surface area contributed by atoms with Crippen LogP contribution >= 0.6 is 27.3 Å². The monoisotopic (exact) mass is 280 g/mol. The number of benzene rings is 1. The first-order valence-corrected chi connectivity index (χ1v) is 5.83. The Labute approximate surface area is 97.3 Å². The van der Waals surface area contributed by atoms with Crippen LogP contribution in [0.4, 0.5) is 5.13 Å². The second-order valence-corrected chi connectivity index (χ2v) is 4.96.